The Morgan fingerprint density at radius 1 is 1.00 bits per heavy atom. The third-order valence-corrected chi connectivity index (χ3v) is 6.22. The summed E-state index contributed by atoms with van der Waals surface area (Å²) < 4.78 is 2.44. The van der Waals surface area contributed by atoms with Crippen LogP contribution >= 0.6 is 15.9 Å². The number of carboxylic acid groups (broad SMARTS) is 2. The molecule has 2 heterocycles. The van der Waals surface area contributed by atoms with Crippen LogP contribution in [0.15, 0.2) is 59.2 Å². The van der Waals surface area contributed by atoms with Crippen molar-refractivity contribution in [2.75, 3.05) is 26.2 Å². The summed E-state index contributed by atoms with van der Waals surface area (Å²) in [7, 11) is 0. The Kier molecular flexibility index (Phi) is 6.41. The van der Waals surface area contributed by atoms with Crippen LogP contribution in [-0.4, -0.2) is 62.7 Å². The fourth-order valence-electron chi connectivity index (χ4n) is 4.30. The van der Waals surface area contributed by atoms with Crippen LogP contribution < -0.4 is 0 Å². The first-order chi connectivity index (χ1) is 14.9. The second kappa shape index (κ2) is 9.21. The number of rotatable bonds is 7. The molecule has 2 aromatic carbocycles. The first-order valence-electron chi connectivity index (χ1n) is 10.2. The van der Waals surface area contributed by atoms with Gasteiger partial charge in [-0.2, -0.15) is 0 Å². The minimum Gasteiger partial charge on any atom is -0.480 e. The van der Waals surface area contributed by atoms with Gasteiger partial charge in [-0.05, 0) is 23.8 Å². The largest absolute Gasteiger partial charge is 0.480 e. The van der Waals surface area contributed by atoms with Crippen molar-refractivity contribution < 1.29 is 19.8 Å². The average Bonchev–Trinajstić information content (AvgIpc) is 3.06. The first-order valence-corrected chi connectivity index (χ1v) is 10.9. The molecule has 4 rings (SSSR count). The number of nitrogens with zero attached hydrogens (tertiary/aromatic N) is 3. The van der Waals surface area contributed by atoms with Crippen molar-refractivity contribution in [2.24, 2.45) is 0 Å². The zero-order valence-corrected chi connectivity index (χ0v) is 18.5. The second-order valence-electron chi connectivity index (χ2n) is 7.81. The molecule has 0 unspecified atom stereocenters. The van der Waals surface area contributed by atoms with Gasteiger partial charge in [-0.25, -0.2) is 0 Å². The van der Waals surface area contributed by atoms with Gasteiger partial charge in [-0.15, -0.1) is 0 Å². The van der Waals surface area contributed by atoms with Crippen LogP contribution in [0.2, 0.25) is 0 Å². The Hall–Kier alpha value is -2.68. The van der Waals surface area contributed by atoms with E-state index in [-0.39, 0.29) is 6.54 Å². The molecule has 7 nitrogen and oxygen atoms in total. The number of halogens is 1. The topological polar surface area (TPSA) is 86.0 Å². The van der Waals surface area contributed by atoms with E-state index in [1.807, 2.05) is 41.3 Å². The molecule has 1 aliphatic heterocycles. The number of aliphatic carboxylic acids is 2. The van der Waals surface area contributed by atoms with Gasteiger partial charge in [0, 0.05) is 59.9 Å². The van der Waals surface area contributed by atoms with E-state index in [9.17, 15) is 19.8 Å². The van der Waals surface area contributed by atoms with E-state index in [4.69, 9.17) is 0 Å². The predicted octanol–water partition coefficient (Wildman–Crippen LogP) is 3.43. The summed E-state index contributed by atoms with van der Waals surface area (Å²) >= 11 is 3.45. The Bertz CT molecular complexity index is 1090. The number of carboxylic acids is 2. The lowest BCUT2D eigenvalue weighted by Gasteiger charge is -2.37. The highest BCUT2D eigenvalue weighted by molar-refractivity contribution is 9.10. The molecule has 1 saturated heterocycles. The van der Waals surface area contributed by atoms with Gasteiger partial charge in [0.15, 0.2) is 0 Å². The quantitative estimate of drug-likeness (QED) is 0.533. The number of aromatic nitrogens is 1. The maximum Gasteiger partial charge on any atom is 0.325 e. The number of benzene rings is 2. The van der Waals surface area contributed by atoms with Crippen LogP contribution in [0.3, 0.4) is 0 Å². The molecule has 31 heavy (non-hydrogen) atoms. The molecule has 2 N–H and O–H groups in total. The minimum atomic E-state index is -0.965. The molecule has 3 aromatic rings. The van der Waals surface area contributed by atoms with Crippen LogP contribution in [0.25, 0.3) is 10.9 Å². The van der Waals surface area contributed by atoms with Crippen LogP contribution in [0.5, 0.6) is 0 Å². The van der Waals surface area contributed by atoms with Crippen molar-refractivity contribution in [3.8, 4) is 0 Å². The van der Waals surface area contributed by atoms with Crippen molar-refractivity contribution in [3.63, 3.8) is 0 Å². The van der Waals surface area contributed by atoms with Crippen molar-refractivity contribution in [1.82, 2.24) is 14.4 Å². The van der Waals surface area contributed by atoms with Crippen LogP contribution in [0.1, 0.15) is 17.2 Å². The van der Waals surface area contributed by atoms with Gasteiger partial charge in [-0.3, -0.25) is 19.4 Å². The summed E-state index contributed by atoms with van der Waals surface area (Å²) in [4.78, 5) is 28.0. The van der Waals surface area contributed by atoms with Gasteiger partial charge in [0.1, 0.15) is 12.6 Å². The highest BCUT2D eigenvalue weighted by Gasteiger charge is 2.33. The fourth-order valence-corrected chi connectivity index (χ4v) is 4.66. The molecule has 0 amide bonds. The highest BCUT2D eigenvalue weighted by atomic mass is 79.9. The Morgan fingerprint density at radius 3 is 2.35 bits per heavy atom. The van der Waals surface area contributed by atoms with Gasteiger partial charge in [0.25, 0.3) is 0 Å². The molecule has 1 fully saturated rings. The SMILES string of the molecule is O=C(O)Cn1cc([C@H](C(=O)O)N2CCN(Cc3ccccc3)CC2)c2cc(Br)ccc21. The summed E-state index contributed by atoms with van der Waals surface area (Å²) in [5, 5.41) is 20.1. The standard InChI is InChI=1S/C23H24BrN3O4/c24-17-6-7-20-18(12-17)19(14-27(20)15-21(28)29)22(23(30)31)26-10-8-25(9-11-26)13-16-4-2-1-3-5-16/h1-7,12,14,22H,8-11,13,15H2,(H,28,29)(H,30,31)/t22-/m1/s1. The van der Waals surface area contributed by atoms with E-state index >= 15 is 0 Å². The van der Waals surface area contributed by atoms with Crippen LogP contribution in [0.4, 0.5) is 0 Å². The van der Waals surface area contributed by atoms with E-state index in [0.717, 1.165) is 35.0 Å². The molecule has 1 aromatic heterocycles. The molecule has 162 valence electrons. The summed E-state index contributed by atoms with van der Waals surface area (Å²) in [5.74, 6) is -1.89. The van der Waals surface area contributed by atoms with E-state index in [1.165, 1.54) is 5.56 Å². The number of fused-ring (bicyclic) bond motifs is 1. The van der Waals surface area contributed by atoms with Crippen molar-refractivity contribution in [1.29, 1.82) is 0 Å². The van der Waals surface area contributed by atoms with Gasteiger partial charge >= 0.3 is 11.9 Å². The summed E-state index contributed by atoms with van der Waals surface area (Å²) in [6.07, 6.45) is 1.68. The number of piperazine rings is 1. The summed E-state index contributed by atoms with van der Waals surface area (Å²) in [6, 6.07) is 14.9. The van der Waals surface area contributed by atoms with Crippen LogP contribution in [0, 0.1) is 0 Å². The number of hydrogen-bond acceptors (Lipinski definition) is 4. The minimum absolute atomic E-state index is 0.213. The van der Waals surface area contributed by atoms with E-state index in [1.54, 1.807) is 10.8 Å². The Labute approximate surface area is 188 Å². The first kappa shape index (κ1) is 21.5. The Morgan fingerprint density at radius 2 is 1.71 bits per heavy atom. The number of carbonyl (C=O) groups is 2. The van der Waals surface area contributed by atoms with Gasteiger partial charge in [-0.1, -0.05) is 46.3 Å². The van der Waals surface area contributed by atoms with Crippen LogP contribution in [-0.2, 0) is 22.7 Å². The fraction of sp³-hybridized carbons (Fsp3) is 0.304. The smallest absolute Gasteiger partial charge is 0.325 e. The normalized spacial score (nSPS) is 16.4. The number of hydrogen-bond donors (Lipinski definition) is 2. The molecule has 0 radical (unpaired) electrons. The van der Waals surface area contributed by atoms with Gasteiger partial charge in [0.05, 0.1) is 0 Å². The maximum atomic E-state index is 12.3. The second-order valence-corrected chi connectivity index (χ2v) is 8.72. The molecule has 8 heteroatoms. The molecule has 0 aliphatic carbocycles. The zero-order chi connectivity index (χ0) is 22.0. The third-order valence-electron chi connectivity index (χ3n) is 5.73. The summed E-state index contributed by atoms with van der Waals surface area (Å²) in [6.45, 7) is 3.44. The lowest BCUT2D eigenvalue weighted by Crippen LogP contribution is -2.48. The predicted molar refractivity (Wildman–Crippen MR) is 121 cm³/mol. The summed E-state index contributed by atoms with van der Waals surface area (Å²) in [5.41, 5.74) is 2.59. The van der Waals surface area contributed by atoms with Gasteiger partial charge < -0.3 is 14.8 Å². The van der Waals surface area contributed by atoms with Crippen molar-refractivity contribution in [3.05, 3.63) is 70.3 Å². The highest BCUT2D eigenvalue weighted by Crippen LogP contribution is 2.33. The molecule has 0 spiro atoms. The molecular weight excluding hydrogens is 462 g/mol. The molecule has 1 atom stereocenters. The molecular formula is C23H24BrN3O4. The van der Waals surface area contributed by atoms with Gasteiger partial charge in [0.2, 0.25) is 0 Å². The van der Waals surface area contributed by atoms with E-state index in [0.29, 0.717) is 18.7 Å². The lowest BCUT2D eigenvalue weighted by atomic mass is 10.0. The molecule has 0 saturated carbocycles. The monoisotopic (exact) mass is 485 g/mol. The van der Waals surface area contributed by atoms with Crippen molar-refractivity contribution in [2.45, 2.75) is 19.1 Å². The lowest BCUT2D eigenvalue weighted by molar-refractivity contribution is -0.144. The Balaban J connectivity index is 1.58. The molecule has 0 bridgehead atoms. The molecule has 1 aliphatic rings. The third kappa shape index (κ3) is 4.81. The zero-order valence-electron chi connectivity index (χ0n) is 16.9. The van der Waals surface area contributed by atoms with Crippen molar-refractivity contribution >= 4 is 38.8 Å². The maximum absolute atomic E-state index is 12.3. The van der Waals surface area contributed by atoms with E-state index in [2.05, 4.69) is 33.0 Å². The van der Waals surface area contributed by atoms with E-state index < -0.39 is 18.0 Å². The average molecular weight is 486 g/mol.